The Morgan fingerprint density at radius 3 is 2.86 bits per heavy atom. The molecule has 4 nitrogen and oxygen atoms in total. The molecule has 2 heterocycles. The van der Waals surface area contributed by atoms with Crippen molar-refractivity contribution in [2.45, 2.75) is 13.0 Å². The van der Waals surface area contributed by atoms with Crippen LogP contribution in [-0.4, -0.2) is 19.9 Å². The van der Waals surface area contributed by atoms with Crippen LogP contribution in [0, 0.1) is 6.92 Å². The summed E-state index contributed by atoms with van der Waals surface area (Å²) in [7, 11) is 1.82. The van der Waals surface area contributed by atoms with Gasteiger partial charge in [0, 0.05) is 24.3 Å². The van der Waals surface area contributed by atoms with Crippen LogP contribution >= 0.6 is 11.3 Å². The van der Waals surface area contributed by atoms with Gasteiger partial charge in [-0.1, -0.05) is 0 Å². The molecule has 0 amide bonds. The van der Waals surface area contributed by atoms with Crippen LogP contribution in [0.3, 0.4) is 0 Å². The molecule has 0 radical (unpaired) electrons. The van der Waals surface area contributed by atoms with E-state index in [-0.39, 0.29) is 0 Å². The average Bonchev–Trinajstić information content (AvgIpc) is 2.73. The molecule has 5 heteroatoms. The first-order valence-corrected chi connectivity index (χ1v) is 5.14. The van der Waals surface area contributed by atoms with Crippen LogP contribution in [0.4, 0.5) is 0 Å². The van der Waals surface area contributed by atoms with E-state index >= 15 is 0 Å². The second kappa shape index (κ2) is 3.51. The lowest BCUT2D eigenvalue weighted by Crippen LogP contribution is -2.01. The molecule has 1 atom stereocenters. The Balaban J connectivity index is 2.28. The monoisotopic (exact) mass is 209 g/mol. The fourth-order valence-corrected chi connectivity index (χ4v) is 1.99. The van der Waals surface area contributed by atoms with Crippen molar-refractivity contribution in [2.24, 2.45) is 7.05 Å². The summed E-state index contributed by atoms with van der Waals surface area (Å²) in [5.74, 6) is 0. The highest BCUT2D eigenvalue weighted by atomic mass is 32.1. The average molecular weight is 209 g/mol. The summed E-state index contributed by atoms with van der Waals surface area (Å²) in [6.45, 7) is 1.91. The number of aliphatic hydroxyl groups is 1. The lowest BCUT2D eigenvalue weighted by atomic mass is 10.3. The predicted octanol–water partition coefficient (Wildman–Crippen LogP) is 1.27. The maximum Gasteiger partial charge on any atom is 0.149 e. The van der Waals surface area contributed by atoms with Crippen LogP contribution < -0.4 is 0 Å². The summed E-state index contributed by atoms with van der Waals surface area (Å²) in [6, 6.07) is 1.79. The highest BCUT2D eigenvalue weighted by Gasteiger charge is 2.15. The van der Waals surface area contributed by atoms with Crippen molar-refractivity contribution in [3.63, 3.8) is 0 Å². The van der Waals surface area contributed by atoms with Crippen LogP contribution in [0.1, 0.15) is 22.5 Å². The smallest absolute Gasteiger partial charge is 0.149 e. The van der Waals surface area contributed by atoms with E-state index < -0.39 is 6.10 Å². The Bertz CT molecular complexity index is 394. The molecular formula is C9H11N3OS. The van der Waals surface area contributed by atoms with Crippen molar-refractivity contribution >= 4 is 11.3 Å². The molecule has 1 N–H and O–H groups in total. The number of rotatable bonds is 2. The van der Waals surface area contributed by atoms with Gasteiger partial charge in [-0.2, -0.15) is 5.10 Å². The summed E-state index contributed by atoms with van der Waals surface area (Å²) in [5.41, 5.74) is 1.57. The first-order valence-electron chi connectivity index (χ1n) is 4.26. The van der Waals surface area contributed by atoms with Gasteiger partial charge in [-0.05, 0) is 13.0 Å². The third kappa shape index (κ3) is 1.69. The molecule has 0 aliphatic rings. The number of thiazole rings is 1. The number of nitrogens with zero attached hydrogens (tertiary/aromatic N) is 3. The number of hydrogen-bond donors (Lipinski definition) is 1. The van der Waals surface area contributed by atoms with Gasteiger partial charge in [0.2, 0.25) is 0 Å². The third-order valence-electron chi connectivity index (χ3n) is 1.89. The Morgan fingerprint density at radius 1 is 1.57 bits per heavy atom. The zero-order valence-corrected chi connectivity index (χ0v) is 8.82. The Labute approximate surface area is 85.8 Å². The third-order valence-corrected chi connectivity index (χ3v) is 2.90. The maximum atomic E-state index is 9.89. The molecule has 2 aromatic rings. The molecule has 0 spiro atoms. The van der Waals surface area contributed by atoms with Crippen LogP contribution in [0.15, 0.2) is 17.6 Å². The van der Waals surface area contributed by atoms with Crippen molar-refractivity contribution < 1.29 is 5.11 Å². The second-order valence-electron chi connectivity index (χ2n) is 3.14. The van der Waals surface area contributed by atoms with Crippen LogP contribution in [0.25, 0.3) is 0 Å². The summed E-state index contributed by atoms with van der Waals surface area (Å²) in [6.07, 6.45) is 1.11. The SMILES string of the molecule is Cc1csc(C(O)c2ccn(C)n2)n1. The van der Waals surface area contributed by atoms with Gasteiger partial charge in [-0.25, -0.2) is 4.98 Å². The minimum atomic E-state index is -0.699. The topological polar surface area (TPSA) is 50.9 Å². The van der Waals surface area contributed by atoms with E-state index in [0.29, 0.717) is 10.7 Å². The Morgan fingerprint density at radius 2 is 2.36 bits per heavy atom. The van der Waals surface area contributed by atoms with Gasteiger partial charge in [0.1, 0.15) is 11.1 Å². The van der Waals surface area contributed by atoms with E-state index in [1.807, 2.05) is 19.4 Å². The van der Waals surface area contributed by atoms with Crippen LogP contribution in [0.5, 0.6) is 0 Å². The van der Waals surface area contributed by atoms with E-state index in [2.05, 4.69) is 10.1 Å². The fraction of sp³-hybridized carbons (Fsp3) is 0.333. The van der Waals surface area contributed by atoms with E-state index in [1.54, 1.807) is 16.9 Å². The number of aliphatic hydroxyl groups excluding tert-OH is 1. The minimum absolute atomic E-state index is 0.641. The van der Waals surface area contributed by atoms with E-state index in [1.165, 1.54) is 11.3 Å². The first-order chi connectivity index (χ1) is 6.66. The normalized spacial score (nSPS) is 13.1. The largest absolute Gasteiger partial charge is 0.379 e. The van der Waals surface area contributed by atoms with Crippen molar-refractivity contribution in [3.8, 4) is 0 Å². The highest BCUT2D eigenvalue weighted by molar-refractivity contribution is 7.09. The van der Waals surface area contributed by atoms with Gasteiger partial charge in [0.15, 0.2) is 0 Å². The van der Waals surface area contributed by atoms with Crippen molar-refractivity contribution in [3.05, 3.63) is 34.0 Å². The van der Waals surface area contributed by atoms with Crippen LogP contribution in [0.2, 0.25) is 0 Å². The highest BCUT2D eigenvalue weighted by Crippen LogP contribution is 2.23. The van der Waals surface area contributed by atoms with Gasteiger partial charge < -0.3 is 5.11 Å². The number of hydrogen-bond acceptors (Lipinski definition) is 4. The molecule has 0 aromatic carbocycles. The van der Waals surface area contributed by atoms with Gasteiger partial charge in [-0.3, -0.25) is 4.68 Å². The Kier molecular flexibility index (Phi) is 2.35. The zero-order valence-electron chi connectivity index (χ0n) is 8.01. The summed E-state index contributed by atoms with van der Waals surface area (Å²) in [4.78, 5) is 4.22. The molecule has 0 aliphatic heterocycles. The van der Waals surface area contributed by atoms with Gasteiger partial charge in [0.25, 0.3) is 0 Å². The summed E-state index contributed by atoms with van der Waals surface area (Å²) in [5, 5.41) is 16.6. The molecule has 0 aliphatic carbocycles. The minimum Gasteiger partial charge on any atom is -0.379 e. The number of aryl methyl sites for hydroxylation is 2. The van der Waals surface area contributed by atoms with E-state index in [9.17, 15) is 5.11 Å². The molecule has 0 fully saturated rings. The molecule has 2 aromatic heterocycles. The van der Waals surface area contributed by atoms with Gasteiger partial charge in [0.05, 0.1) is 5.69 Å². The molecule has 14 heavy (non-hydrogen) atoms. The molecule has 0 saturated heterocycles. The lowest BCUT2D eigenvalue weighted by molar-refractivity contribution is 0.213. The molecule has 0 bridgehead atoms. The summed E-state index contributed by atoms with van der Waals surface area (Å²) >= 11 is 1.45. The summed E-state index contributed by atoms with van der Waals surface area (Å²) < 4.78 is 1.67. The first kappa shape index (κ1) is 9.36. The zero-order chi connectivity index (χ0) is 10.1. The maximum absolute atomic E-state index is 9.89. The molecule has 1 unspecified atom stereocenters. The molecule has 0 saturated carbocycles. The quantitative estimate of drug-likeness (QED) is 0.810. The second-order valence-corrected chi connectivity index (χ2v) is 4.03. The van der Waals surface area contributed by atoms with Crippen molar-refractivity contribution in [2.75, 3.05) is 0 Å². The van der Waals surface area contributed by atoms with Crippen LogP contribution in [-0.2, 0) is 7.05 Å². The molecule has 2 rings (SSSR count). The lowest BCUT2D eigenvalue weighted by Gasteiger charge is -2.02. The molecular weight excluding hydrogens is 198 g/mol. The van der Waals surface area contributed by atoms with E-state index in [0.717, 1.165) is 5.69 Å². The Hall–Kier alpha value is -1.20. The fourth-order valence-electron chi connectivity index (χ4n) is 1.20. The van der Waals surface area contributed by atoms with Gasteiger partial charge >= 0.3 is 0 Å². The predicted molar refractivity (Wildman–Crippen MR) is 54.1 cm³/mol. The molecule has 74 valence electrons. The van der Waals surface area contributed by atoms with Gasteiger partial charge in [-0.15, -0.1) is 11.3 Å². The van der Waals surface area contributed by atoms with E-state index in [4.69, 9.17) is 0 Å². The van der Waals surface area contributed by atoms with Crippen molar-refractivity contribution in [1.82, 2.24) is 14.8 Å². The van der Waals surface area contributed by atoms with Crippen molar-refractivity contribution in [1.29, 1.82) is 0 Å². The number of aromatic nitrogens is 3. The standard InChI is InChI=1S/C9H11N3OS/c1-6-5-14-9(10-6)8(13)7-3-4-12(2)11-7/h3-5,8,13H,1-2H3.